The van der Waals surface area contributed by atoms with Crippen molar-refractivity contribution in [2.24, 2.45) is 22.7 Å². The molecule has 0 radical (unpaired) electrons. The van der Waals surface area contributed by atoms with E-state index in [2.05, 4.69) is 13.8 Å². The van der Waals surface area contributed by atoms with Gasteiger partial charge in [-0.1, -0.05) is 19.9 Å². The summed E-state index contributed by atoms with van der Waals surface area (Å²) < 4.78 is 15.9. The van der Waals surface area contributed by atoms with Gasteiger partial charge < -0.3 is 19.3 Å². The average Bonchev–Trinajstić information content (AvgIpc) is 3.17. The largest absolute Gasteiger partial charge is 0.461 e. The van der Waals surface area contributed by atoms with Crippen molar-refractivity contribution < 1.29 is 33.7 Å². The molecule has 2 aliphatic heterocycles. The van der Waals surface area contributed by atoms with E-state index in [-0.39, 0.29) is 28.3 Å². The van der Waals surface area contributed by atoms with Gasteiger partial charge in [0, 0.05) is 29.6 Å². The maximum Gasteiger partial charge on any atom is 0.334 e. The molecular weight excluding hydrogens is 376 g/mol. The van der Waals surface area contributed by atoms with Crippen LogP contribution in [0.5, 0.6) is 0 Å². The highest BCUT2D eigenvalue weighted by Crippen LogP contribution is 2.64. The molecule has 6 unspecified atom stereocenters. The fourth-order valence-corrected chi connectivity index (χ4v) is 6.13. The van der Waals surface area contributed by atoms with Gasteiger partial charge in [-0.25, -0.2) is 9.59 Å². The number of aliphatic hydroxyl groups is 1. The van der Waals surface area contributed by atoms with Crippen molar-refractivity contribution in [3.63, 3.8) is 0 Å². The molecule has 0 bridgehead atoms. The molecule has 0 aromatic carbocycles. The first-order valence-electron chi connectivity index (χ1n) is 10.3. The lowest BCUT2D eigenvalue weighted by atomic mass is 9.46. The van der Waals surface area contributed by atoms with Crippen molar-refractivity contribution in [2.75, 3.05) is 6.61 Å². The monoisotopic (exact) mass is 404 g/mol. The quantitative estimate of drug-likeness (QED) is 0.567. The predicted molar refractivity (Wildman–Crippen MR) is 101 cm³/mol. The molecule has 158 valence electrons. The first kappa shape index (κ1) is 20.1. The Labute approximate surface area is 170 Å². The van der Waals surface area contributed by atoms with Crippen LogP contribution >= 0.6 is 0 Å². The maximum absolute atomic E-state index is 12.4. The molecule has 0 amide bonds. The van der Waals surface area contributed by atoms with Gasteiger partial charge in [-0.3, -0.25) is 4.79 Å². The Morgan fingerprint density at radius 1 is 1.38 bits per heavy atom. The van der Waals surface area contributed by atoms with E-state index in [1.165, 1.54) is 13.0 Å². The highest BCUT2D eigenvalue weighted by Gasteiger charge is 2.61. The zero-order valence-electron chi connectivity index (χ0n) is 17.1. The summed E-state index contributed by atoms with van der Waals surface area (Å²) in [7, 11) is 0. The molecule has 6 atom stereocenters. The third-order valence-corrected chi connectivity index (χ3v) is 7.74. The van der Waals surface area contributed by atoms with Crippen LogP contribution < -0.4 is 0 Å². The summed E-state index contributed by atoms with van der Waals surface area (Å²) in [6, 6.07) is 0. The first-order valence-corrected chi connectivity index (χ1v) is 10.3. The lowest BCUT2D eigenvalue weighted by molar-refractivity contribution is -0.156. The predicted octanol–water partition coefficient (Wildman–Crippen LogP) is 2.43. The number of ether oxygens (including phenoxy) is 3. The summed E-state index contributed by atoms with van der Waals surface area (Å²) in [4.78, 5) is 35.8. The van der Waals surface area contributed by atoms with Crippen LogP contribution in [-0.4, -0.2) is 42.0 Å². The summed E-state index contributed by atoms with van der Waals surface area (Å²) in [5.41, 5.74) is 0.503. The van der Waals surface area contributed by atoms with E-state index in [9.17, 15) is 19.5 Å². The molecule has 2 heterocycles. The lowest BCUT2D eigenvalue weighted by Gasteiger charge is -2.57. The molecule has 2 fully saturated rings. The third-order valence-electron chi connectivity index (χ3n) is 7.74. The summed E-state index contributed by atoms with van der Waals surface area (Å²) in [5.74, 6) is -0.842. The highest BCUT2D eigenvalue weighted by atomic mass is 16.6. The molecule has 7 nitrogen and oxygen atoms in total. The van der Waals surface area contributed by atoms with Gasteiger partial charge in [0.15, 0.2) is 0 Å². The Kier molecular flexibility index (Phi) is 4.84. The molecule has 2 aliphatic carbocycles. The number of hydrogen-bond donors (Lipinski definition) is 1. The number of carbonyl (C=O) groups excluding carboxylic acids is 3. The summed E-state index contributed by atoms with van der Waals surface area (Å²) >= 11 is 0. The molecule has 0 aromatic rings. The Bertz CT molecular complexity index is 812. The van der Waals surface area contributed by atoms with Gasteiger partial charge in [0.05, 0.1) is 0 Å². The normalized spacial score (nSPS) is 39.5. The zero-order chi connectivity index (χ0) is 21.0. The summed E-state index contributed by atoms with van der Waals surface area (Å²) in [6.07, 6.45) is 5.09. The van der Waals surface area contributed by atoms with Crippen LogP contribution in [0.25, 0.3) is 0 Å². The van der Waals surface area contributed by atoms with Crippen LogP contribution in [0, 0.1) is 22.7 Å². The molecule has 0 aromatic heterocycles. The summed E-state index contributed by atoms with van der Waals surface area (Å²) in [5, 5.41) is 10.2. The minimum Gasteiger partial charge on any atom is -0.461 e. The van der Waals surface area contributed by atoms with E-state index in [4.69, 9.17) is 14.2 Å². The number of carbonyl (C=O) groups is 3. The summed E-state index contributed by atoms with van der Waals surface area (Å²) in [6.45, 7) is 6.08. The number of esters is 3. The van der Waals surface area contributed by atoms with E-state index >= 15 is 0 Å². The topological polar surface area (TPSA) is 99.1 Å². The standard InChI is InChI=1S/C22H28O7/c1-12-7-8-22-11-27-20(26)15(22)5-4-6-17(22)21(12,3)10-16(28-13(2)23)14-9-18(24)29-19(14)25/h5,9,12,16-17,19,25H,4,6-8,10-11H2,1-3H3. The smallest absolute Gasteiger partial charge is 0.334 e. The van der Waals surface area contributed by atoms with Gasteiger partial charge in [-0.2, -0.15) is 0 Å². The van der Waals surface area contributed by atoms with Crippen LogP contribution in [-0.2, 0) is 28.6 Å². The zero-order valence-corrected chi connectivity index (χ0v) is 17.1. The molecule has 7 heteroatoms. The first-order chi connectivity index (χ1) is 13.7. The second-order valence-corrected chi connectivity index (χ2v) is 9.16. The van der Waals surface area contributed by atoms with Gasteiger partial charge in [-0.15, -0.1) is 0 Å². The number of aliphatic hydroxyl groups excluding tert-OH is 1. The van der Waals surface area contributed by atoms with E-state index in [0.29, 0.717) is 18.9 Å². The number of cyclic esters (lactones) is 2. The Morgan fingerprint density at radius 3 is 2.79 bits per heavy atom. The molecule has 4 rings (SSSR count). The fraction of sp³-hybridized carbons (Fsp3) is 0.682. The van der Waals surface area contributed by atoms with E-state index in [0.717, 1.165) is 31.3 Å². The molecule has 1 saturated carbocycles. The Morgan fingerprint density at radius 2 is 2.14 bits per heavy atom. The lowest BCUT2D eigenvalue weighted by Crippen LogP contribution is -2.53. The van der Waals surface area contributed by atoms with E-state index in [1.807, 2.05) is 6.08 Å². The Balaban J connectivity index is 1.70. The fourth-order valence-electron chi connectivity index (χ4n) is 6.13. The average molecular weight is 404 g/mol. The second-order valence-electron chi connectivity index (χ2n) is 9.16. The van der Waals surface area contributed by atoms with Crippen molar-refractivity contribution in [2.45, 2.75) is 65.3 Å². The molecule has 1 spiro atoms. The highest BCUT2D eigenvalue weighted by molar-refractivity contribution is 5.92. The number of hydrogen-bond acceptors (Lipinski definition) is 7. The second kappa shape index (κ2) is 6.97. The molecule has 29 heavy (non-hydrogen) atoms. The van der Waals surface area contributed by atoms with Crippen molar-refractivity contribution in [1.82, 2.24) is 0 Å². The van der Waals surface area contributed by atoms with Crippen LogP contribution in [0.2, 0.25) is 0 Å². The van der Waals surface area contributed by atoms with Crippen molar-refractivity contribution in [1.29, 1.82) is 0 Å². The minimum atomic E-state index is -1.40. The van der Waals surface area contributed by atoms with Gasteiger partial charge in [0.2, 0.25) is 6.29 Å². The van der Waals surface area contributed by atoms with Crippen LogP contribution in [0.1, 0.15) is 52.9 Å². The van der Waals surface area contributed by atoms with E-state index in [1.54, 1.807) is 0 Å². The van der Waals surface area contributed by atoms with Gasteiger partial charge in [-0.05, 0) is 49.4 Å². The van der Waals surface area contributed by atoms with Gasteiger partial charge >= 0.3 is 17.9 Å². The number of allylic oxidation sites excluding steroid dienone is 1. The van der Waals surface area contributed by atoms with Crippen LogP contribution in [0.15, 0.2) is 23.3 Å². The molecular formula is C22H28O7. The SMILES string of the molecule is CC(=O)OC(CC1(C)C(C)CCC23COC(=O)C2=CCCC31)C1=CC(=O)OC1O. The van der Waals surface area contributed by atoms with Crippen LogP contribution in [0.3, 0.4) is 0 Å². The molecule has 1 saturated heterocycles. The Hall–Kier alpha value is -2.15. The van der Waals surface area contributed by atoms with Gasteiger partial charge in [0.25, 0.3) is 0 Å². The third kappa shape index (κ3) is 3.10. The minimum absolute atomic E-state index is 0.180. The molecule has 4 aliphatic rings. The van der Waals surface area contributed by atoms with Crippen molar-refractivity contribution in [3.8, 4) is 0 Å². The van der Waals surface area contributed by atoms with Gasteiger partial charge in [0.1, 0.15) is 12.7 Å². The number of rotatable bonds is 4. The van der Waals surface area contributed by atoms with Crippen LogP contribution in [0.4, 0.5) is 0 Å². The molecule has 1 N–H and O–H groups in total. The van der Waals surface area contributed by atoms with E-state index < -0.39 is 24.3 Å². The maximum atomic E-state index is 12.4. The van der Waals surface area contributed by atoms with Crippen molar-refractivity contribution >= 4 is 17.9 Å². The van der Waals surface area contributed by atoms with Crippen molar-refractivity contribution in [3.05, 3.63) is 23.3 Å².